The van der Waals surface area contributed by atoms with Crippen LogP contribution in [0.3, 0.4) is 0 Å². The normalized spacial score (nSPS) is 11.6. The van der Waals surface area contributed by atoms with E-state index in [0.29, 0.717) is 11.4 Å². The van der Waals surface area contributed by atoms with E-state index < -0.39 is 12.1 Å². The van der Waals surface area contributed by atoms with Crippen LogP contribution in [-0.2, 0) is 16.1 Å². The zero-order chi connectivity index (χ0) is 16.8. The lowest BCUT2D eigenvalue weighted by Gasteiger charge is -2.13. The second kappa shape index (κ2) is 7.78. The fourth-order valence-electron chi connectivity index (χ4n) is 1.89. The van der Waals surface area contributed by atoms with E-state index in [1.807, 2.05) is 37.3 Å². The van der Waals surface area contributed by atoms with E-state index in [9.17, 15) is 9.59 Å². The summed E-state index contributed by atoms with van der Waals surface area (Å²) in [6, 6.07) is 10.9. The van der Waals surface area contributed by atoms with E-state index in [1.54, 1.807) is 20.1 Å². The summed E-state index contributed by atoms with van der Waals surface area (Å²) in [6.07, 6.45) is -0.844. The van der Waals surface area contributed by atoms with Crippen molar-refractivity contribution in [2.75, 3.05) is 7.11 Å². The quantitative estimate of drug-likeness (QED) is 0.826. The Bertz CT molecular complexity index is 678. The van der Waals surface area contributed by atoms with E-state index in [2.05, 4.69) is 5.32 Å². The molecular weight excluding hydrogens is 314 g/mol. The van der Waals surface area contributed by atoms with Crippen LogP contribution in [0.15, 0.2) is 36.4 Å². The number of thiophene rings is 1. The van der Waals surface area contributed by atoms with Gasteiger partial charge in [-0.1, -0.05) is 12.1 Å². The average molecular weight is 333 g/mol. The molecule has 1 heterocycles. The Morgan fingerprint density at radius 2 is 1.87 bits per heavy atom. The van der Waals surface area contributed by atoms with Crippen LogP contribution in [0.4, 0.5) is 0 Å². The SMILES string of the molecule is COc1ccc(CNC(=O)[C@H](C)OC(=O)c2ccc(C)s2)cc1. The van der Waals surface area contributed by atoms with Crippen LogP contribution in [0, 0.1) is 6.92 Å². The van der Waals surface area contributed by atoms with Crippen molar-refractivity contribution in [1.29, 1.82) is 0 Å². The van der Waals surface area contributed by atoms with Crippen molar-refractivity contribution in [2.45, 2.75) is 26.5 Å². The van der Waals surface area contributed by atoms with E-state index in [1.165, 1.54) is 11.3 Å². The molecule has 0 unspecified atom stereocenters. The highest BCUT2D eigenvalue weighted by molar-refractivity contribution is 7.13. The molecule has 5 nitrogen and oxygen atoms in total. The fraction of sp³-hybridized carbons (Fsp3) is 0.294. The number of rotatable bonds is 6. The first-order valence-corrected chi connectivity index (χ1v) is 7.99. The van der Waals surface area contributed by atoms with Crippen molar-refractivity contribution in [2.24, 2.45) is 0 Å². The number of carbonyl (C=O) groups excluding carboxylic acids is 2. The molecule has 1 aromatic carbocycles. The van der Waals surface area contributed by atoms with Gasteiger partial charge in [0.25, 0.3) is 5.91 Å². The minimum absolute atomic E-state index is 0.331. The highest BCUT2D eigenvalue weighted by Crippen LogP contribution is 2.17. The number of ether oxygens (including phenoxy) is 2. The lowest BCUT2D eigenvalue weighted by atomic mass is 10.2. The molecule has 1 aromatic heterocycles. The number of nitrogens with one attached hydrogen (secondary N) is 1. The minimum atomic E-state index is -0.844. The summed E-state index contributed by atoms with van der Waals surface area (Å²) in [4.78, 5) is 25.4. The topological polar surface area (TPSA) is 64.6 Å². The number of hydrogen-bond donors (Lipinski definition) is 1. The Labute approximate surface area is 139 Å². The summed E-state index contributed by atoms with van der Waals surface area (Å²) in [7, 11) is 1.60. The first-order chi connectivity index (χ1) is 11.0. The third-order valence-corrected chi connectivity index (χ3v) is 4.20. The third-order valence-electron chi connectivity index (χ3n) is 3.22. The predicted octanol–water partition coefficient (Wildman–Crippen LogP) is 2.93. The largest absolute Gasteiger partial charge is 0.497 e. The molecule has 0 fully saturated rings. The summed E-state index contributed by atoms with van der Waals surface area (Å²) >= 11 is 1.35. The average Bonchev–Trinajstić information content (AvgIpc) is 2.99. The second-order valence-corrected chi connectivity index (χ2v) is 6.31. The third kappa shape index (κ3) is 4.82. The van der Waals surface area contributed by atoms with Crippen LogP contribution in [-0.4, -0.2) is 25.1 Å². The second-order valence-electron chi connectivity index (χ2n) is 5.02. The van der Waals surface area contributed by atoms with Gasteiger partial charge in [0.1, 0.15) is 10.6 Å². The number of esters is 1. The van der Waals surface area contributed by atoms with Crippen LogP contribution in [0.25, 0.3) is 0 Å². The number of benzene rings is 1. The zero-order valence-corrected chi connectivity index (χ0v) is 14.1. The van der Waals surface area contributed by atoms with Gasteiger partial charge in [0.05, 0.1) is 7.11 Å². The molecule has 1 atom stereocenters. The number of carbonyl (C=O) groups is 2. The van der Waals surface area contributed by atoms with Crippen molar-refractivity contribution in [3.8, 4) is 5.75 Å². The van der Waals surface area contributed by atoms with Crippen molar-refractivity contribution >= 4 is 23.2 Å². The Morgan fingerprint density at radius 1 is 1.17 bits per heavy atom. The Kier molecular flexibility index (Phi) is 5.76. The van der Waals surface area contributed by atoms with Gasteiger partial charge in [-0.25, -0.2) is 4.79 Å². The van der Waals surface area contributed by atoms with Gasteiger partial charge < -0.3 is 14.8 Å². The van der Waals surface area contributed by atoms with Crippen LogP contribution < -0.4 is 10.1 Å². The van der Waals surface area contributed by atoms with Crippen molar-refractivity contribution in [3.05, 3.63) is 51.7 Å². The molecule has 23 heavy (non-hydrogen) atoms. The Morgan fingerprint density at radius 3 is 2.43 bits per heavy atom. The first kappa shape index (κ1) is 17.0. The van der Waals surface area contributed by atoms with Crippen LogP contribution >= 0.6 is 11.3 Å². The minimum Gasteiger partial charge on any atom is -0.497 e. The molecule has 0 aliphatic rings. The smallest absolute Gasteiger partial charge is 0.349 e. The molecule has 0 radical (unpaired) electrons. The molecule has 6 heteroatoms. The highest BCUT2D eigenvalue weighted by atomic mass is 32.1. The van der Waals surface area contributed by atoms with Gasteiger partial charge in [-0.2, -0.15) is 0 Å². The molecule has 122 valence electrons. The number of aryl methyl sites for hydroxylation is 1. The first-order valence-electron chi connectivity index (χ1n) is 7.17. The summed E-state index contributed by atoms with van der Waals surface area (Å²) in [6.45, 7) is 3.83. The summed E-state index contributed by atoms with van der Waals surface area (Å²) in [5, 5.41) is 2.74. The summed E-state index contributed by atoms with van der Waals surface area (Å²) < 4.78 is 10.3. The summed E-state index contributed by atoms with van der Waals surface area (Å²) in [5.74, 6) is -0.0498. The van der Waals surface area contributed by atoms with Gasteiger partial charge in [0.15, 0.2) is 6.10 Å². The number of methoxy groups -OCH3 is 1. The van der Waals surface area contributed by atoms with Gasteiger partial charge in [0, 0.05) is 11.4 Å². The zero-order valence-electron chi connectivity index (χ0n) is 13.3. The number of hydrogen-bond acceptors (Lipinski definition) is 5. The molecule has 0 saturated carbocycles. The van der Waals surface area contributed by atoms with Crippen LogP contribution in [0.2, 0.25) is 0 Å². The van der Waals surface area contributed by atoms with Crippen LogP contribution in [0.1, 0.15) is 27.0 Å². The van der Waals surface area contributed by atoms with E-state index in [4.69, 9.17) is 9.47 Å². The molecule has 2 rings (SSSR count). The molecule has 0 aliphatic carbocycles. The Balaban J connectivity index is 1.83. The molecule has 1 amide bonds. The summed E-state index contributed by atoms with van der Waals surface area (Å²) in [5.41, 5.74) is 0.937. The molecular formula is C17H19NO4S. The molecule has 0 spiro atoms. The molecule has 0 bridgehead atoms. The standard InChI is InChI=1S/C17H19NO4S/c1-11-4-9-15(23-11)17(20)22-12(2)16(19)18-10-13-5-7-14(21-3)8-6-13/h4-9,12H,10H2,1-3H3,(H,18,19)/t12-/m0/s1. The van der Waals surface area contributed by atoms with Gasteiger partial charge in [-0.05, 0) is 43.7 Å². The van der Waals surface area contributed by atoms with E-state index in [-0.39, 0.29) is 5.91 Å². The lowest BCUT2D eigenvalue weighted by molar-refractivity contribution is -0.129. The molecule has 1 N–H and O–H groups in total. The van der Waals surface area contributed by atoms with Crippen molar-refractivity contribution in [3.63, 3.8) is 0 Å². The Hall–Kier alpha value is -2.34. The van der Waals surface area contributed by atoms with Gasteiger partial charge >= 0.3 is 5.97 Å². The van der Waals surface area contributed by atoms with Crippen LogP contribution in [0.5, 0.6) is 5.75 Å². The van der Waals surface area contributed by atoms with Crippen molar-refractivity contribution in [1.82, 2.24) is 5.32 Å². The maximum Gasteiger partial charge on any atom is 0.349 e. The van der Waals surface area contributed by atoms with Gasteiger partial charge in [-0.15, -0.1) is 11.3 Å². The maximum atomic E-state index is 12.0. The molecule has 0 aliphatic heterocycles. The highest BCUT2D eigenvalue weighted by Gasteiger charge is 2.19. The van der Waals surface area contributed by atoms with Gasteiger partial charge in [0.2, 0.25) is 0 Å². The monoisotopic (exact) mass is 333 g/mol. The molecule has 0 saturated heterocycles. The lowest BCUT2D eigenvalue weighted by Crippen LogP contribution is -2.35. The van der Waals surface area contributed by atoms with Crippen molar-refractivity contribution < 1.29 is 19.1 Å². The maximum absolute atomic E-state index is 12.0. The van der Waals surface area contributed by atoms with Gasteiger partial charge in [-0.3, -0.25) is 4.79 Å². The van der Waals surface area contributed by atoms with E-state index >= 15 is 0 Å². The number of amides is 1. The fourth-order valence-corrected chi connectivity index (χ4v) is 2.64. The molecule has 2 aromatic rings. The van der Waals surface area contributed by atoms with E-state index in [0.717, 1.165) is 16.2 Å². The predicted molar refractivity (Wildman–Crippen MR) is 88.8 cm³/mol.